The Balaban J connectivity index is 3.97. The molecule has 0 aliphatic carbocycles. The quantitative estimate of drug-likeness (QED) is 0.521. The molecule has 86 valence electrons. The van der Waals surface area contributed by atoms with E-state index >= 15 is 0 Å². The van der Waals surface area contributed by atoms with Gasteiger partial charge in [-0.1, -0.05) is 20.8 Å². The molecular formula is C10H18N2O3. The highest BCUT2D eigenvalue weighted by Crippen LogP contribution is 2.25. The molecule has 0 aromatic carbocycles. The van der Waals surface area contributed by atoms with E-state index in [-0.39, 0.29) is 11.3 Å². The maximum absolute atomic E-state index is 10.3. The van der Waals surface area contributed by atoms with Gasteiger partial charge < -0.3 is 10.4 Å². The van der Waals surface area contributed by atoms with Crippen molar-refractivity contribution in [2.45, 2.75) is 27.2 Å². The summed E-state index contributed by atoms with van der Waals surface area (Å²) in [6.07, 6.45) is 1.31. The SMILES string of the molecule is CC(CNC(=O)O)CC(C)(C)CN=C=O. The molecule has 0 aliphatic heterocycles. The number of rotatable bonds is 6. The normalized spacial score (nSPS) is 12.7. The minimum absolute atomic E-state index is 0.100. The van der Waals surface area contributed by atoms with Crippen LogP contribution in [0.4, 0.5) is 4.79 Å². The molecule has 5 heteroatoms. The fourth-order valence-electron chi connectivity index (χ4n) is 1.59. The molecule has 0 saturated carbocycles. The Morgan fingerprint density at radius 3 is 2.67 bits per heavy atom. The first-order valence-electron chi connectivity index (χ1n) is 4.88. The lowest BCUT2D eigenvalue weighted by atomic mass is 9.83. The predicted octanol–water partition coefficient (Wildman–Crippen LogP) is 1.64. The van der Waals surface area contributed by atoms with Crippen LogP contribution in [0.1, 0.15) is 27.2 Å². The van der Waals surface area contributed by atoms with Crippen molar-refractivity contribution in [2.24, 2.45) is 16.3 Å². The summed E-state index contributed by atoms with van der Waals surface area (Å²) in [5.74, 6) is 0.220. The van der Waals surface area contributed by atoms with Crippen LogP contribution in [0, 0.1) is 11.3 Å². The molecule has 5 nitrogen and oxygen atoms in total. The first-order chi connectivity index (χ1) is 6.87. The molecule has 15 heavy (non-hydrogen) atoms. The van der Waals surface area contributed by atoms with Crippen molar-refractivity contribution in [1.29, 1.82) is 0 Å². The number of carboxylic acid groups (broad SMARTS) is 1. The fraction of sp³-hybridized carbons (Fsp3) is 0.800. The number of carbonyl (C=O) groups excluding carboxylic acids is 1. The summed E-state index contributed by atoms with van der Waals surface area (Å²) in [6.45, 7) is 6.79. The lowest BCUT2D eigenvalue weighted by molar-refractivity contribution is 0.190. The van der Waals surface area contributed by atoms with Gasteiger partial charge in [-0.2, -0.15) is 0 Å². The first kappa shape index (κ1) is 13.7. The van der Waals surface area contributed by atoms with Crippen LogP contribution in [0.3, 0.4) is 0 Å². The first-order valence-corrected chi connectivity index (χ1v) is 4.88. The molecule has 0 aromatic heterocycles. The van der Waals surface area contributed by atoms with Gasteiger partial charge in [-0.25, -0.2) is 14.6 Å². The minimum atomic E-state index is -1.01. The van der Waals surface area contributed by atoms with Gasteiger partial charge in [-0.15, -0.1) is 0 Å². The van der Waals surface area contributed by atoms with Crippen molar-refractivity contribution in [2.75, 3.05) is 13.1 Å². The molecule has 0 spiro atoms. The summed E-state index contributed by atoms with van der Waals surface area (Å²) in [4.78, 5) is 23.8. The average molecular weight is 214 g/mol. The van der Waals surface area contributed by atoms with E-state index in [9.17, 15) is 9.59 Å². The smallest absolute Gasteiger partial charge is 0.404 e. The number of amides is 1. The predicted molar refractivity (Wildman–Crippen MR) is 56.6 cm³/mol. The monoisotopic (exact) mass is 214 g/mol. The zero-order chi connectivity index (χ0) is 11.9. The Morgan fingerprint density at radius 2 is 2.20 bits per heavy atom. The zero-order valence-corrected chi connectivity index (χ0v) is 9.41. The molecule has 0 bridgehead atoms. The molecular weight excluding hydrogens is 196 g/mol. The number of aliphatic imine (C=N–C) groups is 1. The summed E-state index contributed by atoms with van der Waals surface area (Å²) in [6, 6.07) is 0. The van der Waals surface area contributed by atoms with E-state index in [2.05, 4.69) is 10.3 Å². The molecule has 0 aliphatic rings. The van der Waals surface area contributed by atoms with E-state index in [0.29, 0.717) is 13.1 Å². The second-order valence-corrected chi connectivity index (χ2v) is 4.57. The zero-order valence-electron chi connectivity index (χ0n) is 9.41. The Morgan fingerprint density at radius 1 is 1.60 bits per heavy atom. The summed E-state index contributed by atoms with van der Waals surface area (Å²) in [7, 11) is 0. The summed E-state index contributed by atoms with van der Waals surface area (Å²) < 4.78 is 0. The van der Waals surface area contributed by atoms with Crippen molar-refractivity contribution in [3.8, 4) is 0 Å². The van der Waals surface area contributed by atoms with Gasteiger partial charge in [0.05, 0.1) is 6.54 Å². The molecule has 1 unspecified atom stereocenters. The number of isocyanates is 1. The number of nitrogens with zero attached hydrogens (tertiary/aromatic N) is 1. The van der Waals surface area contributed by atoms with Crippen LogP contribution in [0.5, 0.6) is 0 Å². The highest BCUT2D eigenvalue weighted by molar-refractivity contribution is 5.64. The lowest BCUT2D eigenvalue weighted by Crippen LogP contribution is -2.29. The van der Waals surface area contributed by atoms with E-state index in [0.717, 1.165) is 6.42 Å². The van der Waals surface area contributed by atoms with Gasteiger partial charge in [-0.3, -0.25) is 0 Å². The Hall–Kier alpha value is -1.35. The van der Waals surface area contributed by atoms with Crippen LogP contribution >= 0.6 is 0 Å². The van der Waals surface area contributed by atoms with Crippen LogP contribution in [0.25, 0.3) is 0 Å². The van der Waals surface area contributed by atoms with Crippen LogP contribution in [0.2, 0.25) is 0 Å². The van der Waals surface area contributed by atoms with Gasteiger partial charge in [0.1, 0.15) is 0 Å². The molecule has 0 heterocycles. The van der Waals surface area contributed by atoms with Gasteiger partial charge in [-0.05, 0) is 17.8 Å². The third kappa shape index (κ3) is 7.70. The lowest BCUT2D eigenvalue weighted by Gasteiger charge is -2.25. The van der Waals surface area contributed by atoms with E-state index in [1.807, 2.05) is 20.8 Å². The largest absolute Gasteiger partial charge is 0.465 e. The van der Waals surface area contributed by atoms with Gasteiger partial charge >= 0.3 is 6.09 Å². The van der Waals surface area contributed by atoms with Crippen LogP contribution in [0.15, 0.2) is 4.99 Å². The highest BCUT2D eigenvalue weighted by Gasteiger charge is 2.21. The number of hydrogen-bond acceptors (Lipinski definition) is 3. The summed E-state index contributed by atoms with van der Waals surface area (Å²) >= 11 is 0. The van der Waals surface area contributed by atoms with E-state index in [1.54, 1.807) is 0 Å². The summed E-state index contributed by atoms with van der Waals surface area (Å²) in [5.41, 5.74) is -0.100. The number of nitrogens with one attached hydrogen (secondary N) is 1. The van der Waals surface area contributed by atoms with Gasteiger partial charge in [0, 0.05) is 6.54 Å². The maximum Gasteiger partial charge on any atom is 0.404 e. The van der Waals surface area contributed by atoms with Crippen molar-refractivity contribution >= 4 is 12.2 Å². The third-order valence-corrected chi connectivity index (χ3v) is 2.07. The van der Waals surface area contributed by atoms with Gasteiger partial charge in [0.25, 0.3) is 0 Å². The topological polar surface area (TPSA) is 78.8 Å². The molecule has 0 aromatic rings. The van der Waals surface area contributed by atoms with E-state index in [1.165, 1.54) is 6.08 Å². The Labute approximate surface area is 89.6 Å². The van der Waals surface area contributed by atoms with Crippen molar-refractivity contribution in [3.05, 3.63) is 0 Å². The molecule has 0 radical (unpaired) electrons. The highest BCUT2D eigenvalue weighted by atomic mass is 16.4. The molecule has 1 amide bonds. The van der Waals surface area contributed by atoms with Gasteiger partial charge in [0.2, 0.25) is 6.08 Å². The second kappa shape index (κ2) is 6.19. The number of hydrogen-bond donors (Lipinski definition) is 2. The maximum atomic E-state index is 10.3. The number of carbonyl (C=O) groups is 1. The minimum Gasteiger partial charge on any atom is -0.465 e. The molecule has 0 saturated heterocycles. The van der Waals surface area contributed by atoms with Gasteiger partial charge in [0.15, 0.2) is 0 Å². The molecule has 2 N–H and O–H groups in total. The molecule has 0 rings (SSSR count). The van der Waals surface area contributed by atoms with Crippen LogP contribution in [-0.2, 0) is 4.79 Å². The fourth-order valence-corrected chi connectivity index (χ4v) is 1.59. The van der Waals surface area contributed by atoms with Crippen LogP contribution < -0.4 is 5.32 Å². The average Bonchev–Trinajstić information content (AvgIpc) is 2.11. The van der Waals surface area contributed by atoms with Crippen molar-refractivity contribution in [3.63, 3.8) is 0 Å². The van der Waals surface area contributed by atoms with E-state index in [4.69, 9.17) is 5.11 Å². The van der Waals surface area contributed by atoms with Crippen molar-refractivity contribution in [1.82, 2.24) is 5.32 Å². The standard InChI is InChI=1S/C10H18N2O3/c1-8(5-12-9(14)15)4-10(2,3)6-11-7-13/h8,12H,4-6H2,1-3H3,(H,14,15). The molecule has 0 fully saturated rings. The second-order valence-electron chi connectivity index (χ2n) is 4.57. The Bertz CT molecular complexity index is 257. The Kier molecular flexibility index (Phi) is 5.64. The molecule has 1 atom stereocenters. The summed E-state index contributed by atoms with van der Waals surface area (Å²) in [5, 5.41) is 10.8. The van der Waals surface area contributed by atoms with Crippen molar-refractivity contribution < 1.29 is 14.7 Å². The van der Waals surface area contributed by atoms with E-state index < -0.39 is 6.09 Å². The third-order valence-electron chi connectivity index (χ3n) is 2.07. The van der Waals surface area contributed by atoms with Crippen LogP contribution in [-0.4, -0.2) is 30.4 Å².